The summed E-state index contributed by atoms with van der Waals surface area (Å²) in [6.45, 7) is 1.70. The first-order chi connectivity index (χ1) is 9.65. The van der Waals surface area contributed by atoms with E-state index in [0.717, 1.165) is 27.3 Å². The first-order valence-corrected chi connectivity index (χ1v) is 7.37. The fourth-order valence-electron chi connectivity index (χ4n) is 1.76. The number of carboxylic acid groups (broad SMARTS) is 1. The quantitative estimate of drug-likeness (QED) is 0.749. The minimum Gasteiger partial charge on any atom is -0.477 e. The Kier molecular flexibility index (Phi) is 3.37. The molecule has 0 aliphatic heterocycles. The van der Waals surface area contributed by atoms with Crippen LogP contribution in [0.15, 0.2) is 40.0 Å². The predicted octanol–water partition coefficient (Wildman–Crippen LogP) is 3.24. The van der Waals surface area contributed by atoms with Crippen LogP contribution in [0.1, 0.15) is 15.4 Å². The molecule has 3 aromatic rings. The van der Waals surface area contributed by atoms with E-state index in [1.54, 1.807) is 6.92 Å². The predicted molar refractivity (Wildman–Crippen MR) is 77.5 cm³/mol. The number of thiazole rings is 1. The van der Waals surface area contributed by atoms with Crippen LogP contribution >= 0.6 is 23.1 Å². The zero-order valence-electron chi connectivity index (χ0n) is 10.4. The molecule has 1 aromatic carbocycles. The van der Waals surface area contributed by atoms with Crippen LogP contribution in [0.2, 0.25) is 0 Å². The number of hydrogen-bond donors (Lipinski definition) is 1. The maximum absolute atomic E-state index is 11.0. The lowest BCUT2D eigenvalue weighted by Gasteiger charge is -2.01. The van der Waals surface area contributed by atoms with E-state index >= 15 is 0 Å². The summed E-state index contributed by atoms with van der Waals surface area (Å²) >= 11 is 2.53. The summed E-state index contributed by atoms with van der Waals surface area (Å²) in [5, 5.41) is 10.8. The number of aromatic carboxylic acids is 1. The minimum atomic E-state index is -0.945. The van der Waals surface area contributed by atoms with E-state index in [2.05, 4.69) is 15.0 Å². The number of aryl methyl sites for hydroxylation is 1. The van der Waals surface area contributed by atoms with Crippen molar-refractivity contribution in [3.05, 3.63) is 41.2 Å². The summed E-state index contributed by atoms with van der Waals surface area (Å²) in [6, 6.07) is 7.69. The van der Waals surface area contributed by atoms with Crippen LogP contribution in [0.3, 0.4) is 0 Å². The van der Waals surface area contributed by atoms with E-state index in [-0.39, 0.29) is 4.88 Å². The van der Waals surface area contributed by atoms with E-state index in [1.165, 1.54) is 18.1 Å². The lowest BCUT2D eigenvalue weighted by Crippen LogP contribution is -1.94. The van der Waals surface area contributed by atoms with Crippen molar-refractivity contribution >= 4 is 40.0 Å². The molecule has 0 bridgehead atoms. The molecule has 0 unspecified atom stereocenters. The second-order valence-corrected chi connectivity index (χ2v) is 6.23. The Morgan fingerprint density at radius 3 is 2.85 bits per heavy atom. The maximum Gasteiger partial charge on any atom is 0.347 e. The number of benzene rings is 1. The van der Waals surface area contributed by atoms with Crippen LogP contribution in [0.25, 0.3) is 10.9 Å². The number of fused-ring (bicyclic) bond motifs is 1. The fourth-order valence-corrected chi connectivity index (χ4v) is 3.78. The molecule has 5 nitrogen and oxygen atoms in total. The average molecular weight is 303 g/mol. The molecule has 7 heteroatoms. The Balaban J connectivity index is 2.01. The minimum absolute atomic E-state index is 0.269. The molecule has 0 atom stereocenters. The van der Waals surface area contributed by atoms with E-state index in [9.17, 15) is 4.79 Å². The van der Waals surface area contributed by atoms with Crippen LogP contribution in [-0.4, -0.2) is 26.0 Å². The Morgan fingerprint density at radius 2 is 2.10 bits per heavy atom. The first-order valence-electron chi connectivity index (χ1n) is 5.73. The number of aromatic nitrogens is 3. The SMILES string of the molecule is Cc1nc(Sc2ncnc3ccccc23)sc1C(=O)O. The summed E-state index contributed by atoms with van der Waals surface area (Å²) < 4.78 is 0.670. The third-order valence-electron chi connectivity index (χ3n) is 2.66. The number of carboxylic acids is 1. The summed E-state index contributed by atoms with van der Waals surface area (Å²) in [6.07, 6.45) is 1.50. The Hall–Kier alpha value is -1.99. The van der Waals surface area contributed by atoms with Crippen molar-refractivity contribution < 1.29 is 9.90 Å². The number of nitrogens with zero attached hydrogens (tertiary/aromatic N) is 3. The fraction of sp³-hybridized carbons (Fsp3) is 0.0769. The maximum atomic E-state index is 11.0. The molecule has 0 amide bonds. The van der Waals surface area contributed by atoms with Crippen LogP contribution < -0.4 is 0 Å². The van der Waals surface area contributed by atoms with Crippen LogP contribution in [-0.2, 0) is 0 Å². The second-order valence-electron chi connectivity index (χ2n) is 4.00. The van der Waals surface area contributed by atoms with Gasteiger partial charge in [-0.25, -0.2) is 19.7 Å². The molecule has 0 aliphatic rings. The van der Waals surface area contributed by atoms with Crippen molar-refractivity contribution in [2.75, 3.05) is 0 Å². The van der Waals surface area contributed by atoms with E-state index in [0.29, 0.717) is 10.0 Å². The monoisotopic (exact) mass is 303 g/mol. The molecule has 0 saturated carbocycles. The van der Waals surface area contributed by atoms with Crippen molar-refractivity contribution in [3.8, 4) is 0 Å². The van der Waals surface area contributed by atoms with Gasteiger partial charge in [0.15, 0.2) is 4.34 Å². The van der Waals surface area contributed by atoms with Gasteiger partial charge in [-0.05, 0) is 24.8 Å². The highest BCUT2D eigenvalue weighted by Gasteiger charge is 2.16. The number of para-hydroxylation sites is 1. The molecule has 0 fully saturated rings. The van der Waals surface area contributed by atoms with Gasteiger partial charge in [-0.3, -0.25) is 0 Å². The molecule has 20 heavy (non-hydrogen) atoms. The Morgan fingerprint density at radius 1 is 1.30 bits per heavy atom. The van der Waals surface area contributed by atoms with Crippen LogP contribution in [0.4, 0.5) is 0 Å². The standard InChI is InChI=1S/C13H9N3O2S2/c1-7-10(12(17)18)19-13(16-7)20-11-8-4-2-3-5-9(8)14-6-15-11/h2-6H,1H3,(H,17,18). The van der Waals surface area contributed by atoms with Crippen LogP contribution in [0.5, 0.6) is 0 Å². The average Bonchev–Trinajstić information content (AvgIpc) is 2.80. The topological polar surface area (TPSA) is 76.0 Å². The lowest BCUT2D eigenvalue weighted by molar-refractivity contribution is 0.0701. The third kappa shape index (κ3) is 2.37. The Bertz CT molecular complexity index is 796. The Labute approximate surface area is 122 Å². The summed E-state index contributed by atoms with van der Waals surface area (Å²) in [4.78, 5) is 24.0. The van der Waals surface area contributed by atoms with Gasteiger partial charge in [-0.15, -0.1) is 0 Å². The van der Waals surface area contributed by atoms with Crippen molar-refractivity contribution in [1.82, 2.24) is 15.0 Å². The molecule has 0 spiro atoms. The van der Waals surface area contributed by atoms with E-state index in [1.807, 2.05) is 24.3 Å². The van der Waals surface area contributed by atoms with Gasteiger partial charge in [0.2, 0.25) is 0 Å². The summed E-state index contributed by atoms with van der Waals surface area (Å²) in [5.74, 6) is -0.945. The highest BCUT2D eigenvalue weighted by Crippen LogP contribution is 2.34. The zero-order chi connectivity index (χ0) is 14.1. The van der Waals surface area contributed by atoms with Gasteiger partial charge in [0.25, 0.3) is 0 Å². The largest absolute Gasteiger partial charge is 0.477 e. The van der Waals surface area contributed by atoms with Gasteiger partial charge in [-0.1, -0.05) is 29.5 Å². The smallest absolute Gasteiger partial charge is 0.347 e. The molecule has 0 saturated heterocycles. The van der Waals surface area contributed by atoms with Crippen molar-refractivity contribution in [2.45, 2.75) is 16.3 Å². The molecule has 2 aromatic heterocycles. The molecule has 3 rings (SSSR count). The number of hydrogen-bond acceptors (Lipinski definition) is 6. The van der Waals surface area contributed by atoms with E-state index < -0.39 is 5.97 Å². The van der Waals surface area contributed by atoms with Gasteiger partial charge >= 0.3 is 5.97 Å². The third-order valence-corrected chi connectivity index (χ3v) is 4.89. The highest BCUT2D eigenvalue weighted by atomic mass is 32.2. The van der Waals surface area contributed by atoms with E-state index in [4.69, 9.17) is 5.11 Å². The number of carbonyl (C=O) groups is 1. The molecular weight excluding hydrogens is 294 g/mol. The lowest BCUT2D eigenvalue weighted by atomic mass is 10.2. The van der Waals surface area contributed by atoms with Crippen molar-refractivity contribution in [3.63, 3.8) is 0 Å². The van der Waals surface area contributed by atoms with Gasteiger partial charge in [0.05, 0.1) is 11.2 Å². The highest BCUT2D eigenvalue weighted by molar-refractivity contribution is 8.01. The van der Waals surface area contributed by atoms with Crippen molar-refractivity contribution in [2.24, 2.45) is 0 Å². The number of rotatable bonds is 3. The molecule has 2 heterocycles. The van der Waals surface area contributed by atoms with Gasteiger partial charge in [0, 0.05) is 5.39 Å². The zero-order valence-corrected chi connectivity index (χ0v) is 12.0. The first kappa shape index (κ1) is 13.0. The van der Waals surface area contributed by atoms with Crippen LogP contribution in [0, 0.1) is 6.92 Å². The molecule has 100 valence electrons. The normalized spacial score (nSPS) is 10.8. The molecule has 0 aliphatic carbocycles. The van der Waals surface area contributed by atoms with Gasteiger partial charge in [-0.2, -0.15) is 0 Å². The summed E-state index contributed by atoms with van der Waals surface area (Å²) in [7, 11) is 0. The molecular formula is C13H9N3O2S2. The van der Waals surface area contributed by atoms with Gasteiger partial charge in [0.1, 0.15) is 16.2 Å². The second kappa shape index (κ2) is 5.18. The van der Waals surface area contributed by atoms with Gasteiger partial charge < -0.3 is 5.11 Å². The van der Waals surface area contributed by atoms with Crippen molar-refractivity contribution in [1.29, 1.82) is 0 Å². The summed E-state index contributed by atoms with van der Waals surface area (Å²) in [5.41, 5.74) is 1.39. The molecule has 1 N–H and O–H groups in total. The molecule has 0 radical (unpaired) electrons.